The number of hydrogen-bond acceptors (Lipinski definition) is 2. The maximum absolute atomic E-state index is 5.47. The van der Waals surface area contributed by atoms with Crippen molar-refractivity contribution < 1.29 is 0 Å². The molecule has 0 aromatic rings. The van der Waals surface area contributed by atoms with Crippen molar-refractivity contribution in [1.82, 2.24) is 5.32 Å². The molecule has 0 spiro atoms. The van der Waals surface area contributed by atoms with E-state index in [2.05, 4.69) is 19.2 Å². The van der Waals surface area contributed by atoms with Crippen LogP contribution in [0.25, 0.3) is 0 Å². The summed E-state index contributed by atoms with van der Waals surface area (Å²) in [4.78, 5) is 0. The molecular formula is C7H14N2. The van der Waals surface area contributed by atoms with Gasteiger partial charge < -0.3 is 11.1 Å². The molecule has 0 bridgehead atoms. The number of allylic oxidation sites excluding steroid dienone is 1. The molecule has 0 saturated carbocycles. The van der Waals surface area contributed by atoms with Gasteiger partial charge in [0.1, 0.15) is 0 Å². The van der Waals surface area contributed by atoms with Crippen molar-refractivity contribution in [3.63, 3.8) is 0 Å². The highest BCUT2D eigenvalue weighted by Crippen LogP contribution is 2.15. The van der Waals surface area contributed by atoms with Crippen LogP contribution >= 0.6 is 0 Å². The summed E-state index contributed by atoms with van der Waals surface area (Å²) in [7, 11) is 0. The Balaban J connectivity index is 2.48. The molecule has 0 aliphatic carbocycles. The molecule has 0 aromatic carbocycles. The third-order valence-electron chi connectivity index (χ3n) is 1.90. The van der Waals surface area contributed by atoms with Crippen LogP contribution in [0.2, 0.25) is 0 Å². The van der Waals surface area contributed by atoms with E-state index in [0.29, 0.717) is 6.04 Å². The Morgan fingerprint density at radius 3 is 2.56 bits per heavy atom. The number of nitrogens with two attached hydrogens (primary N) is 1. The number of nitrogens with one attached hydrogen (secondary N) is 1. The topological polar surface area (TPSA) is 38.0 Å². The predicted octanol–water partition coefficient (Wildman–Crippen LogP) is 0.601. The molecule has 1 heterocycles. The van der Waals surface area contributed by atoms with Gasteiger partial charge in [-0.15, -0.1) is 0 Å². The molecule has 0 radical (unpaired) electrons. The lowest BCUT2D eigenvalue weighted by atomic mass is 10.1. The SMILES string of the molecule is CC1=C(C)NC(CN)C1. The monoisotopic (exact) mass is 126 g/mol. The van der Waals surface area contributed by atoms with E-state index < -0.39 is 0 Å². The summed E-state index contributed by atoms with van der Waals surface area (Å²) in [5, 5.41) is 3.31. The Hall–Kier alpha value is -0.500. The van der Waals surface area contributed by atoms with E-state index in [1.54, 1.807) is 0 Å². The van der Waals surface area contributed by atoms with Crippen molar-refractivity contribution in [3.8, 4) is 0 Å². The summed E-state index contributed by atoms with van der Waals surface area (Å²) in [5.41, 5.74) is 8.23. The molecule has 0 saturated heterocycles. The molecule has 3 N–H and O–H groups in total. The molecule has 1 rings (SSSR count). The van der Waals surface area contributed by atoms with Gasteiger partial charge in [-0.2, -0.15) is 0 Å². The molecule has 1 aliphatic rings. The van der Waals surface area contributed by atoms with E-state index in [0.717, 1.165) is 13.0 Å². The fraction of sp³-hybridized carbons (Fsp3) is 0.714. The average molecular weight is 126 g/mol. The van der Waals surface area contributed by atoms with Crippen LogP contribution in [-0.4, -0.2) is 12.6 Å². The summed E-state index contributed by atoms with van der Waals surface area (Å²) in [6.45, 7) is 5.00. The Morgan fingerprint density at radius 1 is 1.67 bits per heavy atom. The van der Waals surface area contributed by atoms with Crippen molar-refractivity contribution in [1.29, 1.82) is 0 Å². The van der Waals surface area contributed by atoms with Crippen LogP contribution in [0.5, 0.6) is 0 Å². The van der Waals surface area contributed by atoms with Crippen molar-refractivity contribution in [3.05, 3.63) is 11.3 Å². The highest BCUT2D eigenvalue weighted by atomic mass is 15.0. The fourth-order valence-electron chi connectivity index (χ4n) is 1.15. The summed E-state index contributed by atoms with van der Waals surface area (Å²) in [5.74, 6) is 0. The van der Waals surface area contributed by atoms with Crippen LogP contribution in [0.1, 0.15) is 20.3 Å². The first-order valence-corrected chi connectivity index (χ1v) is 3.37. The van der Waals surface area contributed by atoms with E-state index in [4.69, 9.17) is 5.73 Å². The third-order valence-corrected chi connectivity index (χ3v) is 1.90. The van der Waals surface area contributed by atoms with Crippen molar-refractivity contribution in [2.24, 2.45) is 5.73 Å². The lowest BCUT2D eigenvalue weighted by Gasteiger charge is -2.07. The van der Waals surface area contributed by atoms with E-state index in [9.17, 15) is 0 Å². The molecular weight excluding hydrogens is 112 g/mol. The summed E-state index contributed by atoms with van der Waals surface area (Å²) in [6.07, 6.45) is 1.13. The Kier molecular flexibility index (Phi) is 1.76. The van der Waals surface area contributed by atoms with Gasteiger partial charge in [0.25, 0.3) is 0 Å². The zero-order valence-corrected chi connectivity index (χ0v) is 6.07. The maximum Gasteiger partial charge on any atom is 0.0418 e. The van der Waals surface area contributed by atoms with Crippen molar-refractivity contribution >= 4 is 0 Å². The van der Waals surface area contributed by atoms with Crippen molar-refractivity contribution in [2.45, 2.75) is 26.3 Å². The first-order chi connectivity index (χ1) is 4.24. The van der Waals surface area contributed by atoms with E-state index in [1.807, 2.05) is 0 Å². The highest BCUT2D eigenvalue weighted by molar-refractivity contribution is 5.16. The zero-order chi connectivity index (χ0) is 6.85. The van der Waals surface area contributed by atoms with E-state index >= 15 is 0 Å². The standard InChI is InChI=1S/C7H14N2/c1-5-3-7(4-8)9-6(5)2/h7,9H,3-4,8H2,1-2H3. The minimum atomic E-state index is 0.505. The molecule has 0 fully saturated rings. The molecule has 2 nitrogen and oxygen atoms in total. The van der Waals surface area contributed by atoms with E-state index in [1.165, 1.54) is 11.3 Å². The van der Waals surface area contributed by atoms with Crippen LogP contribution in [0, 0.1) is 0 Å². The summed E-state index contributed by atoms with van der Waals surface area (Å²) < 4.78 is 0. The quantitative estimate of drug-likeness (QED) is 0.540. The van der Waals surface area contributed by atoms with Crippen LogP contribution in [0.15, 0.2) is 11.3 Å². The van der Waals surface area contributed by atoms with Gasteiger partial charge >= 0.3 is 0 Å². The Labute approximate surface area is 56.1 Å². The number of rotatable bonds is 1. The van der Waals surface area contributed by atoms with Gasteiger partial charge in [0.15, 0.2) is 0 Å². The molecule has 52 valence electrons. The van der Waals surface area contributed by atoms with Crippen LogP contribution < -0.4 is 11.1 Å². The Bertz CT molecular complexity index is 124. The minimum Gasteiger partial charge on any atom is -0.384 e. The summed E-state index contributed by atoms with van der Waals surface area (Å²) in [6, 6.07) is 0.505. The molecule has 1 atom stereocenters. The highest BCUT2D eigenvalue weighted by Gasteiger charge is 2.15. The maximum atomic E-state index is 5.47. The van der Waals surface area contributed by atoms with Gasteiger partial charge in [0, 0.05) is 18.3 Å². The first-order valence-electron chi connectivity index (χ1n) is 3.37. The fourth-order valence-corrected chi connectivity index (χ4v) is 1.15. The molecule has 0 amide bonds. The minimum absolute atomic E-state index is 0.505. The Morgan fingerprint density at radius 2 is 2.33 bits per heavy atom. The second kappa shape index (κ2) is 2.40. The largest absolute Gasteiger partial charge is 0.384 e. The van der Waals surface area contributed by atoms with Gasteiger partial charge in [0.05, 0.1) is 0 Å². The molecule has 9 heavy (non-hydrogen) atoms. The lowest BCUT2D eigenvalue weighted by Crippen LogP contribution is -2.30. The van der Waals surface area contributed by atoms with Crippen molar-refractivity contribution in [2.75, 3.05) is 6.54 Å². The van der Waals surface area contributed by atoms with Crippen LogP contribution in [0.4, 0.5) is 0 Å². The average Bonchev–Trinajstić information content (AvgIpc) is 2.13. The predicted molar refractivity (Wildman–Crippen MR) is 39.0 cm³/mol. The van der Waals surface area contributed by atoms with Gasteiger partial charge in [-0.1, -0.05) is 5.57 Å². The van der Waals surface area contributed by atoms with Gasteiger partial charge in [-0.3, -0.25) is 0 Å². The van der Waals surface area contributed by atoms with Crippen LogP contribution in [-0.2, 0) is 0 Å². The smallest absolute Gasteiger partial charge is 0.0418 e. The molecule has 1 aliphatic heterocycles. The molecule has 2 heteroatoms. The second-order valence-corrected chi connectivity index (χ2v) is 2.69. The normalized spacial score (nSPS) is 26.8. The lowest BCUT2D eigenvalue weighted by molar-refractivity contribution is 0.618. The van der Waals surface area contributed by atoms with Gasteiger partial charge in [-0.05, 0) is 20.3 Å². The van der Waals surface area contributed by atoms with Gasteiger partial charge in [-0.25, -0.2) is 0 Å². The second-order valence-electron chi connectivity index (χ2n) is 2.69. The molecule has 1 unspecified atom stereocenters. The summed E-state index contributed by atoms with van der Waals surface area (Å²) >= 11 is 0. The first kappa shape index (κ1) is 6.62. The zero-order valence-electron chi connectivity index (χ0n) is 6.07. The third kappa shape index (κ3) is 1.24. The van der Waals surface area contributed by atoms with Gasteiger partial charge in [0.2, 0.25) is 0 Å². The number of hydrogen-bond donors (Lipinski definition) is 2. The van der Waals surface area contributed by atoms with E-state index in [-0.39, 0.29) is 0 Å². The molecule has 0 aromatic heterocycles. The van der Waals surface area contributed by atoms with Crippen LogP contribution in [0.3, 0.4) is 0 Å².